The van der Waals surface area contributed by atoms with Crippen molar-refractivity contribution in [3.63, 3.8) is 0 Å². The van der Waals surface area contributed by atoms with Gasteiger partial charge in [-0.1, -0.05) is 19.3 Å². The Morgan fingerprint density at radius 1 is 1.08 bits per heavy atom. The molecule has 2 heteroatoms. The van der Waals surface area contributed by atoms with Gasteiger partial charge in [0.2, 0.25) is 0 Å². The summed E-state index contributed by atoms with van der Waals surface area (Å²) in [5.41, 5.74) is 0. The zero-order chi connectivity index (χ0) is 9.10. The van der Waals surface area contributed by atoms with E-state index in [4.69, 9.17) is 5.26 Å². The standard InChI is InChI=1S/C11H18N2/c12-8-11(9-4-3-5-9)13-10-6-1-2-7-10/h9-11,13H,1-7H2. The number of hydrogen-bond acceptors (Lipinski definition) is 2. The first-order valence-corrected chi connectivity index (χ1v) is 5.56. The lowest BCUT2D eigenvalue weighted by molar-refractivity contribution is 0.249. The van der Waals surface area contributed by atoms with Gasteiger partial charge in [0.25, 0.3) is 0 Å². The first-order valence-electron chi connectivity index (χ1n) is 5.56. The van der Waals surface area contributed by atoms with E-state index in [-0.39, 0.29) is 6.04 Å². The third kappa shape index (κ3) is 2.03. The van der Waals surface area contributed by atoms with Gasteiger partial charge in [-0.25, -0.2) is 0 Å². The lowest BCUT2D eigenvalue weighted by atomic mass is 9.80. The normalized spacial score (nSPS) is 26.7. The van der Waals surface area contributed by atoms with Crippen LogP contribution in [0.25, 0.3) is 0 Å². The van der Waals surface area contributed by atoms with Crippen LogP contribution in [0.15, 0.2) is 0 Å². The summed E-state index contributed by atoms with van der Waals surface area (Å²) in [6.07, 6.45) is 9.11. The molecule has 2 fully saturated rings. The zero-order valence-corrected chi connectivity index (χ0v) is 8.13. The molecular formula is C11H18N2. The van der Waals surface area contributed by atoms with Gasteiger partial charge < -0.3 is 0 Å². The van der Waals surface area contributed by atoms with Crippen LogP contribution in [0.2, 0.25) is 0 Å². The summed E-state index contributed by atoms with van der Waals surface area (Å²) in [5, 5.41) is 12.5. The maximum Gasteiger partial charge on any atom is 0.0983 e. The second kappa shape index (κ2) is 4.11. The fraction of sp³-hybridized carbons (Fsp3) is 0.909. The minimum atomic E-state index is 0.150. The molecule has 0 radical (unpaired) electrons. The second-order valence-corrected chi connectivity index (χ2v) is 4.45. The van der Waals surface area contributed by atoms with Crippen molar-refractivity contribution in [3.05, 3.63) is 0 Å². The molecule has 1 unspecified atom stereocenters. The lowest BCUT2D eigenvalue weighted by Crippen LogP contribution is -2.43. The second-order valence-electron chi connectivity index (χ2n) is 4.45. The Morgan fingerprint density at radius 3 is 2.23 bits per heavy atom. The molecule has 2 aliphatic rings. The van der Waals surface area contributed by atoms with Crippen molar-refractivity contribution in [1.82, 2.24) is 5.32 Å². The number of nitriles is 1. The highest BCUT2D eigenvalue weighted by Gasteiger charge is 2.29. The van der Waals surface area contributed by atoms with Crippen LogP contribution in [0.3, 0.4) is 0 Å². The van der Waals surface area contributed by atoms with Gasteiger partial charge in [-0.15, -0.1) is 0 Å². The highest BCUT2D eigenvalue weighted by molar-refractivity contribution is 4.99. The Balaban J connectivity index is 1.79. The summed E-state index contributed by atoms with van der Waals surface area (Å²) in [6, 6.07) is 3.21. The zero-order valence-electron chi connectivity index (χ0n) is 8.13. The molecule has 0 aromatic heterocycles. The van der Waals surface area contributed by atoms with Gasteiger partial charge in [0.1, 0.15) is 0 Å². The minimum Gasteiger partial charge on any atom is -0.299 e. The average molecular weight is 178 g/mol. The molecule has 72 valence electrons. The van der Waals surface area contributed by atoms with E-state index in [9.17, 15) is 0 Å². The van der Waals surface area contributed by atoms with E-state index in [0.29, 0.717) is 12.0 Å². The van der Waals surface area contributed by atoms with Gasteiger partial charge >= 0.3 is 0 Å². The van der Waals surface area contributed by atoms with Gasteiger partial charge in [0.05, 0.1) is 12.1 Å². The quantitative estimate of drug-likeness (QED) is 0.719. The maximum absolute atomic E-state index is 9.01. The molecule has 13 heavy (non-hydrogen) atoms. The number of rotatable bonds is 3. The molecule has 2 saturated carbocycles. The SMILES string of the molecule is N#CC(NC1CCCC1)C1CCC1. The van der Waals surface area contributed by atoms with E-state index < -0.39 is 0 Å². The van der Waals surface area contributed by atoms with Crippen LogP contribution in [-0.4, -0.2) is 12.1 Å². The Hall–Kier alpha value is -0.550. The van der Waals surface area contributed by atoms with E-state index in [1.807, 2.05) is 0 Å². The van der Waals surface area contributed by atoms with Crippen LogP contribution in [0.4, 0.5) is 0 Å². The molecule has 2 rings (SSSR count). The van der Waals surface area contributed by atoms with Crippen molar-refractivity contribution < 1.29 is 0 Å². The first-order chi connectivity index (χ1) is 6.40. The molecule has 2 aliphatic carbocycles. The Labute approximate surface area is 80.3 Å². The summed E-state index contributed by atoms with van der Waals surface area (Å²) in [6.45, 7) is 0. The van der Waals surface area contributed by atoms with Crippen molar-refractivity contribution in [2.24, 2.45) is 5.92 Å². The predicted molar refractivity (Wildman–Crippen MR) is 52.1 cm³/mol. The van der Waals surface area contributed by atoms with E-state index >= 15 is 0 Å². The van der Waals surface area contributed by atoms with Crippen LogP contribution in [-0.2, 0) is 0 Å². The third-order valence-electron chi connectivity index (χ3n) is 3.53. The van der Waals surface area contributed by atoms with E-state index in [1.165, 1.54) is 44.9 Å². The summed E-state index contributed by atoms with van der Waals surface area (Å²) in [4.78, 5) is 0. The molecule has 0 saturated heterocycles. The minimum absolute atomic E-state index is 0.150. The smallest absolute Gasteiger partial charge is 0.0983 e. The Bertz CT molecular complexity index is 197. The summed E-state index contributed by atoms with van der Waals surface area (Å²) < 4.78 is 0. The predicted octanol–water partition coefficient (Wildman–Crippen LogP) is 2.21. The fourth-order valence-electron chi connectivity index (χ4n) is 2.40. The van der Waals surface area contributed by atoms with Crippen LogP contribution in [0.1, 0.15) is 44.9 Å². The maximum atomic E-state index is 9.01. The Kier molecular flexibility index (Phi) is 2.85. The highest BCUT2D eigenvalue weighted by atomic mass is 15.0. The van der Waals surface area contributed by atoms with Crippen molar-refractivity contribution in [2.45, 2.75) is 57.0 Å². The molecule has 2 nitrogen and oxygen atoms in total. The van der Waals surface area contributed by atoms with Gasteiger partial charge in [-0.3, -0.25) is 5.32 Å². The largest absolute Gasteiger partial charge is 0.299 e. The van der Waals surface area contributed by atoms with Crippen LogP contribution in [0.5, 0.6) is 0 Å². The van der Waals surface area contributed by atoms with Gasteiger partial charge in [0, 0.05) is 6.04 Å². The number of nitrogens with zero attached hydrogens (tertiary/aromatic N) is 1. The van der Waals surface area contributed by atoms with Gasteiger partial charge in [0.15, 0.2) is 0 Å². The third-order valence-corrected chi connectivity index (χ3v) is 3.53. The van der Waals surface area contributed by atoms with Crippen molar-refractivity contribution in [3.8, 4) is 6.07 Å². The van der Waals surface area contributed by atoms with Gasteiger partial charge in [-0.2, -0.15) is 5.26 Å². The average Bonchev–Trinajstić information content (AvgIpc) is 2.52. The molecule has 0 aromatic rings. The van der Waals surface area contributed by atoms with Crippen molar-refractivity contribution in [1.29, 1.82) is 5.26 Å². The summed E-state index contributed by atoms with van der Waals surface area (Å²) in [7, 11) is 0. The van der Waals surface area contributed by atoms with Crippen molar-refractivity contribution in [2.75, 3.05) is 0 Å². The molecule has 1 N–H and O–H groups in total. The lowest BCUT2D eigenvalue weighted by Gasteiger charge is -2.31. The Morgan fingerprint density at radius 2 is 1.77 bits per heavy atom. The van der Waals surface area contributed by atoms with E-state index in [2.05, 4.69) is 11.4 Å². The molecule has 0 aliphatic heterocycles. The molecule has 0 bridgehead atoms. The highest BCUT2D eigenvalue weighted by Crippen LogP contribution is 2.30. The molecule has 0 amide bonds. The first kappa shape index (κ1) is 9.02. The van der Waals surface area contributed by atoms with Crippen LogP contribution >= 0.6 is 0 Å². The fourth-order valence-corrected chi connectivity index (χ4v) is 2.40. The van der Waals surface area contributed by atoms with E-state index in [0.717, 1.165) is 0 Å². The monoisotopic (exact) mass is 178 g/mol. The van der Waals surface area contributed by atoms with Crippen LogP contribution in [0, 0.1) is 17.2 Å². The van der Waals surface area contributed by atoms with Crippen LogP contribution < -0.4 is 5.32 Å². The summed E-state index contributed by atoms with van der Waals surface area (Å²) in [5.74, 6) is 0.658. The number of nitrogens with one attached hydrogen (secondary N) is 1. The van der Waals surface area contributed by atoms with Gasteiger partial charge in [-0.05, 0) is 31.6 Å². The van der Waals surface area contributed by atoms with E-state index in [1.54, 1.807) is 0 Å². The molecule has 0 aromatic carbocycles. The van der Waals surface area contributed by atoms with Crippen molar-refractivity contribution >= 4 is 0 Å². The molecule has 1 atom stereocenters. The molecule has 0 spiro atoms. The summed E-state index contributed by atoms with van der Waals surface area (Å²) >= 11 is 0. The topological polar surface area (TPSA) is 35.8 Å². The number of hydrogen-bond donors (Lipinski definition) is 1. The molecule has 0 heterocycles. The molecular weight excluding hydrogens is 160 g/mol.